The van der Waals surface area contributed by atoms with E-state index in [4.69, 9.17) is 4.74 Å². The zero-order valence-electron chi connectivity index (χ0n) is 23.7. The number of carbonyl (C=O) groups excluding carboxylic acids is 2. The molecule has 202 valence electrons. The van der Waals surface area contributed by atoms with Gasteiger partial charge in [0.15, 0.2) is 5.78 Å². The lowest BCUT2D eigenvalue weighted by atomic mass is 9.71. The van der Waals surface area contributed by atoms with Crippen LogP contribution >= 0.6 is 0 Å². The summed E-state index contributed by atoms with van der Waals surface area (Å²) in [6, 6.07) is 19.4. The molecule has 4 rings (SSSR count). The van der Waals surface area contributed by atoms with Crippen molar-refractivity contribution in [2.45, 2.75) is 58.3 Å². The quantitative estimate of drug-likeness (QED) is 0.124. The predicted molar refractivity (Wildman–Crippen MR) is 161 cm³/mol. The SMILES string of the molecule is Cc1ccc(C2=CCC(C)(C)c3cc(C(=O)/C=C/c4ccc(C(=O)OCC[Si](C)(C)C)cc4F)ccc32)cc1. The number of esters is 1. The highest BCUT2D eigenvalue weighted by atomic mass is 28.3. The third-order valence-electron chi connectivity index (χ3n) is 7.24. The summed E-state index contributed by atoms with van der Waals surface area (Å²) in [7, 11) is -1.33. The number of aryl methyl sites for hydroxylation is 1. The highest BCUT2D eigenvalue weighted by Crippen LogP contribution is 2.41. The lowest BCUT2D eigenvalue weighted by Crippen LogP contribution is -2.22. The van der Waals surface area contributed by atoms with Crippen LogP contribution in [0.1, 0.15) is 68.8 Å². The monoisotopic (exact) mass is 540 g/mol. The molecule has 3 aromatic carbocycles. The number of rotatable bonds is 8. The summed E-state index contributed by atoms with van der Waals surface area (Å²) in [5.41, 5.74) is 6.67. The lowest BCUT2D eigenvalue weighted by Gasteiger charge is -2.32. The molecule has 1 aliphatic carbocycles. The molecule has 0 aliphatic heterocycles. The van der Waals surface area contributed by atoms with Crippen LogP contribution in [0, 0.1) is 12.7 Å². The third kappa shape index (κ3) is 6.90. The van der Waals surface area contributed by atoms with Crippen LogP contribution < -0.4 is 0 Å². The van der Waals surface area contributed by atoms with E-state index >= 15 is 0 Å². The maximum absolute atomic E-state index is 14.8. The van der Waals surface area contributed by atoms with E-state index in [0.717, 1.165) is 29.2 Å². The van der Waals surface area contributed by atoms with Crippen molar-refractivity contribution >= 4 is 31.5 Å². The zero-order chi connectivity index (χ0) is 28.4. The Morgan fingerprint density at radius 1 is 0.974 bits per heavy atom. The molecule has 0 aromatic heterocycles. The minimum absolute atomic E-state index is 0.116. The van der Waals surface area contributed by atoms with Crippen molar-refractivity contribution in [2.24, 2.45) is 0 Å². The van der Waals surface area contributed by atoms with Crippen LogP contribution in [0.5, 0.6) is 0 Å². The fourth-order valence-corrected chi connectivity index (χ4v) is 5.37. The van der Waals surface area contributed by atoms with Gasteiger partial charge in [-0.3, -0.25) is 4.79 Å². The molecule has 3 aromatic rings. The number of carbonyl (C=O) groups is 2. The van der Waals surface area contributed by atoms with Gasteiger partial charge in [-0.05, 0) is 77.4 Å². The molecule has 0 amide bonds. The van der Waals surface area contributed by atoms with Crippen LogP contribution in [0.2, 0.25) is 25.7 Å². The second-order valence-electron chi connectivity index (χ2n) is 12.2. The molecule has 0 heterocycles. The van der Waals surface area contributed by atoms with Crippen LogP contribution in [0.25, 0.3) is 11.6 Å². The molecular weight excluding hydrogens is 503 g/mol. The molecule has 0 saturated heterocycles. The molecule has 0 unspecified atom stereocenters. The molecule has 39 heavy (non-hydrogen) atoms. The van der Waals surface area contributed by atoms with Crippen molar-refractivity contribution in [2.75, 3.05) is 6.61 Å². The Morgan fingerprint density at radius 3 is 2.33 bits per heavy atom. The van der Waals surface area contributed by atoms with E-state index in [1.54, 1.807) is 0 Å². The molecule has 0 fully saturated rings. The van der Waals surface area contributed by atoms with Gasteiger partial charge >= 0.3 is 5.97 Å². The maximum Gasteiger partial charge on any atom is 0.338 e. The lowest BCUT2D eigenvalue weighted by molar-refractivity contribution is 0.0524. The highest BCUT2D eigenvalue weighted by molar-refractivity contribution is 6.76. The fraction of sp³-hybridized carbons (Fsp3) is 0.294. The van der Waals surface area contributed by atoms with Gasteiger partial charge in [0.1, 0.15) is 5.82 Å². The molecule has 3 nitrogen and oxygen atoms in total. The summed E-state index contributed by atoms with van der Waals surface area (Å²) in [5, 5.41) is 0. The van der Waals surface area contributed by atoms with Crippen molar-refractivity contribution in [3.63, 3.8) is 0 Å². The Balaban J connectivity index is 1.51. The van der Waals surface area contributed by atoms with Crippen LogP contribution in [-0.2, 0) is 10.2 Å². The Kier molecular flexibility index (Phi) is 8.22. The number of halogens is 1. The van der Waals surface area contributed by atoms with Crippen molar-refractivity contribution in [3.05, 3.63) is 118 Å². The molecule has 1 aliphatic rings. The number of ether oxygens (including phenoxy) is 1. The summed E-state index contributed by atoms with van der Waals surface area (Å²) >= 11 is 0. The van der Waals surface area contributed by atoms with Crippen LogP contribution in [0.3, 0.4) is 0 Å². The largest absolute Gasteiger partial charge is 0.462 e. The van der Waals surface area contributed by atoms with Gasteiger partial charge in [0.2, 0.25) is 0 Å². The fourth-order valence-electron chi connectivity index (χ4n) is 4.66. The van der Waals surface area contributed by atoms with E-state index in [0.29, 0.717) is 12.2 Å². The third-order valence-corrected chi connectivity index (χ3v) is 8.94. The Labute approximate surface area is 232 Å². The Hall–Kier alpha value is -3.57. The molecule has 0 bridgehead atoms. The Bertz CT molecular complexity index is 1460. The second kappa shape index (κ2) is 11.3. The first kappa shape index (κ1) is 28.4. The van der Waals surface area contributed by atoms with Crippen LogP contribution in [-0.4, -0.2) is 26.4 Å². The average Bonchev–Trinajstić information content (AvgIpc) is 2.87. The van der Waals surface area contributed by atoms with E-state index < -0.39 is 19.9 Å². The first-order chi connectivity index (χ1) is 18.3. The summed E-state index contributed by atoms with van der Waals surface area (Å²) < 4.78 is 20.1. The first-order valence-corrected chi connectivity index (χ1v) is 17.2. The van der Waals surface area contributed by atoms with Gasteiger partial charge in [-0.15, -0.1) is 0 Å². The van der Waals surface area contributed by atoms with Gasteiger partial charge in [0.05, 0.1) is 12.2 Å². The number of benzene rings is 3. The molecule has 0 radical (unpaired) electrons. The summed E-state index contributed by atoms with van der Waals surface area (Å²) in [4.78, 5) is 25.4. The number of allylic oxidation sites excluding steroid dienone is 2. The van der Waals surface area contributed by atoms with E-state index in [9.17, 15) is 14.0 Å². The minimum Gasteiger partial charge on any atom is -0.462 e. The summed E-state index contributed by atoms with van der Waals surface area (Å²) in [6.45, 7) is 13.4. The van der Waals surface area contributed by atoms with Gasteiger partial charge in [-0.1, -0.05) is 87.6 Å². The van der Waals surface area contributed by atoms with Crippen LogP contribution in [0.15, 0.2) is 72.8 Å². The first-order valence-electron chi connectivity index (χ1n) is 13.5. The second-order valence-corrected chi connectivity index (χ2v) is 17.8. The van der Waals surface area contributed by atoms with Crippen molar-refractivity contribution < 1.29 is 18.7 Å². The molecular formula is C34H37FO3Si. The highest BCUT2D eigenvalue weighted by Gasteiger charge is 2.29. The van der Waals surface area contributed by atoms with E-state index in [-0.39, 0.29) is 22.3 Å². The molecule has 0 saturated carbocycles. The number of hydrogen-bond donors (Lipinski definition) is 0. The number of hydrogen-bond acceptors (Lipinski definition) is 3. The maximum atomic E-state index is 14.8. The van der Waals surface area contributed by atoms with Gasteiger partial charge < -0.3 is 4.74 Å². The molecule has 0 atom stereocenters. The van der Waals surface area contributed by atoms with Gasteiger partial charge in [0, 0.05) is 19.2 Å². The summed E-state index contributed by atoms with van der Waals surface area (Å²) in [6.07, 6.45) is 6.00. The normalized spacial score (nSPS) is 14.6. The van der Waals surface area contributed by atoms with Crippen LogP contribution in [0.4, 0.5) is 4.39 Å². The molecule has 5 heteroatoms. The number of fused-ring (bicyclic) bond motifs is 1. The van der Waals surface area contributed by atoms with Gasteiger partial charge in [-0.2, -0.15) is 0 Å². The Morgan fingerprint density at radius 2 is 1.67 bits per heavy atom. The topological polar surface area (TPSA) is 43.4 Å². The van der Waals surface area contributed by atoms with Crippen molar-refractivity contribution in [3.8, 4) is 0 Å². The zero-order valence-corrected chi connectivity index (χ0v) is 24.7. The standard InChI is InChI=1S/C34H37FO3Si/c1-23-7-9-24(10-8-23)28-17-18-34(2,3)30-21-26(13-15-29(28)30)32(36)16-14-25-11-12-27(22-31(25)35)33(37)38-19-20-39(4,5)6/h7-17,21-22H,18-20H2,1-6H3/b16-14+. The predicted octanol–water partition coefficient (Wildman–Crippen LogP) is 8.64. The minimum atomic E-state index is -1.33. The molecule has 0 N–H and O–H groups in total. The number of ketones is 1. The van der Waals surface area contributed by atoms with Gasteiger partial charge in [0.25, 0.3) is 0 Å². The van der Waals surface area contributed by atoms with E-state index in [1.165, 1.54) is 41.5 Å². The average molecular weight is 541 g/mol. The van der Waals surface area contributed by atoms with Crippen molar-refractivity contribution in [1.29, 1.82) is 0 Å². The van der Waals surface area contributed by atoms with E-state index in [2.05, 4.69) is 70.8 Å². The van der Waals surface area contributed by atoms with E-state index in [1.807, 2.05) is 18.2 Å². The molecule has 0 spiro atoms. The summed E-state index contributed by atoms with van der Waals surface area (Å²) in [5.74, 6) is -1.30. The van der Waals surface area contributed by atoms with Crippen molar-refractivity contribution in [1.82, 2.24) is 0 Å². The smallest absolute Gasteiger partial charge is 0.338 e. The van der Waals surface area contributed by atoms with Gasteiger partial charge in [-0.25, -0.2) is 9.18 Å².